The minimum Gasteiger partial charge on any atom is -0.354 e. The van der Waals surface area contributed by atoms with E-state index in [0.29, 0.717) is 6.04 Å². The number of rotatable bonds is 4. The highest BCUT2D eigenvalue weighted by atomic mass is 127. The fourth-order valence-electron chi connectivity index (χ4n) is 3.92. The summed E-state index contributed by atoms with van der Waals surface area (Å²) in [6, 6.07) is 11.4. The Morgan fingerprint density at radius 2 is 1.76 bits per heavy atom. The zero-order valence-corrected chi connectivity index (χ0v) is 18.0. The van der Waals surface area contributed by atoms with Crippen LogP contribution in [0.1, 0.15) is 44.2 Å². The summed E-state index contributed by atoms with van der Waals surface area (Å²) in [6.45, 7) is 7.98. The number of nitrogens with one attached hydrogen (secondary N) is 1. The number of hydrogen-bond acceptors (Lipinski definition) is 2. The molecule has 0 radical (unpaired) electrons. The molecule has 2 heterocycles. The van der Waals surface area contributed by atoms with Gasteiger partial charge < -0.3 is 10.2 Å². The molecule has 2 fully saturated rings. The average molecular weight is 456 g/mol. The second-order valence-corrected chi connectivity index (χ2v) is 7.27. The van der Waals surface area contributed by atoms with E-state index in [1.165, 1.54) is 44.3 Å². The molecule has 25 heavy (non-hydrogen) atoms. The van der Waals surface area contributed by atoms with Crippen molar-refractivity contribution in [2.75, 3.05) is 39.8 Å². The summed E-state index contributed by atoms with van der Waals surface area (Å²) in [4.78, 5) is 9.55. The summed E-state index contributed by atoms with van der Waals surface area (Å²) in [7, 11) is 1.90. The third-order valence-corrected chi connectivity index (χ3v) is 5.51. The van der Waals surface area contributed by atoms with Crippen LogP contribution in [0, 0.1) is 5.92 Å². The highest BCUT2D eigenvalue weighted by molar-refractivity contribution is 14.0. The van der Waals surface area contributed by atoms with Crippen molar-refractivity contribution in [3.8, 4) is 0 Å². The maximum atomic E-state index is 4.51. The van der Waals surface area contributed by atoms with Crippen molar-refractivity contribution in [2.24, 2.45) is 10.9 Å². The Morgan fingerprint density at radius 1 is 1.12 bits per heavy atom. The van der Waals surface area contributed by atoms with Crippen molar-refractivity contribution >= 4 is 29.9 Å². The van der Waals surface area contributed by atoms with Gasteiger partial charge in [0.1, 0.15) is 0 Å². The highest BCUT2D eigenvalue weighted by Gasteiger charge is 2.25. The Bertz CT molecular complexity index is 520. The van der Waals surface area contributed by atoms with Gasteiger partial charge in [-0.25, -0.2) is 0 Å². The lowest BCUT2D eigenvalue weighted by atomic mass is 9.95. The Morgan fingerprint density at radius 3 is 2.36 bits per heavy atom. The topological polar surface area (TPSA) is 30.9 Å². The van der Waals surface area contributed by atoms with E-state index >= 15 is 0 Å². The molecule has 0 spiro atoms. The molecular weight excluding hydrogens is 423 g/mol. The quantitative estimate of drug-likeness (QED) is 0.426. The molecule has 0 bridgehead atoms. The molecule has 3 rings (SSSR count). The number of aliphatic imine (C=N–C) groups is 1. The molecule has 2 saturated heterocycles. The molecule has 0 aromatic heterocycles. The molecule has 0 amide bonds. The molecule has 140 valence electrons. The van der Waals surface area contributed by atoms with Gasteiger partial charge in [0.15, 0.2) is 5.96 Å². The first-order chi connectivity index (χ1) is 11.8. The monoisotopic (exact) mass is 456 g/mol. The van der Waals surface area contributed by atoms with Crippen LogP contribution in [0.25, 0.3) is 0 Å². The van der Waals surface area contributed by atoms with Crippen molar-refractivity contribution in [1.82, 2.24) is 15.1 Å². The minimum atomic E-state index is 0. The van der Waals surface area contributed by atoms with Gasteiger partial charge in [0.2, 0.25) is 0 Å². The number of guanidine groups is 1. The van der Waals surface area contributed by atoms with E-state index in [1.54, 1.807) is 0 Å². The van der Waals surface area contributed by atoms with Gasteiger partial charge in [-0.15, -0.1) is 24.0 Å². The van der Waals surface area contributed by atoms with Gasteiger partial charge >= 0.3 is 0 Å². The van der Waals surface area contributed by atoms with Crippen LogP contribution >= 0.6 is 24.0 Å². The van der Waals surface area contributed by atoms with Gasteiger partial charge in [-0.1, -0.05) is 37.3 Å². The molecule has 1 N–H and O–H groups in total. The van der Waals surface area contributed by atoms with Crippen LogP contribution in [-0.2, 0) is 0 Å². The van der Waals surface area contributed by atoms with Crippen molar-refractivity contribution in [3.63, 3.8) is 0 Å². The molecule has 1 unspecified atom stereocenters. The first kappa shape index (κ1) is 20.5. The molecular formula is C20H33IN4. The minimum absolute atomic E-state index is 0. The van der Waals surface area contributed by atoms with E-state index < -0.39 is 0 Å². The van der Waals surface area contributed by atoms with Crippen molar-refractivity contribution < 1.29 is 0 Å². The lowest BCUT2D eigenvalue weighted by Gasteiger charge is -2.37. The van der Waals surface area contributed by atoms with Crippen molar-refractivity contribution in [2.45, 2.75) is 38.6 Å². The zero-order valence-electron chi connectivity index (χ0n) is 15.7. The van der Waals surface area contributed by atoms with Gasteiger partial charge in [0.05, 0.1) is 6.04 Å². The van der Waals surface area contributed by atoms with E-state index in [0.717, 1.165) is 31.5 Å². The first-order valence-corrected chi connectivity index (χ1v) is 9.52. The lowest BCUT2D eigenvalue weighted by Crippen LogP contribution is -2.46. The SMILES string of the molecule is CN=C(NCC(c1ccccc1)N1CCC(C)CC1)N1CCCC1.I. The maximum Gasteiger partial charge on any atom is 0.193 e. The molecule has 2 aliphatic rings. The number of nitrogens with zero attached hydrogens (tertiary/aromatic N) is 3. The lowest BCUT2D eigenvalue weighted by molar-refractivity contribution is 0.138. The molecule has 4 nitrogen and oxygen atoms in total. The third kappa shape index (κ3) is 5.58. The van der Waals surface area contributed by atoms with Gasteiger partial charge in [0.25, 0.3) is 0 Å². The predicted octanol–water partition coefficient (Wildman–Crippen LogP) is 3.75. The van der Waals surface area contributed by atoms with Gasteiger partial charge in [0, 0.05) is 26.7 Å². The van der Waals surface area contributed by atoms with E-state index in [2.05, 4.69) is 57.4 Å². The fourth-order valence-corrected chi connectivity index (χ4v) is 3.92. The summed E-state index contributed by atoms with van der Waals surface area (Å²) >= 11 is 0. The standard InChI is InChI=1S/C20H32N4.HI/c1-17-10-14-23(15-11-17)19(18-8-4-3-5-9-18)16-22-20(21-2)24-12-6-7-13-24;/h3-5,8-9,17,19H,6-7,10-16H2,1-2H3,(H,21,22);1H. The number of halogens is 1. The van der Waals surface area contributed by atoms with Crippen LogP contribution in [0.15, 0.2) is 35.3 Å². The summed E-state index contributed by atoms with van der Waals surface area (Å²) in [6.07, 6.45) is 5.19. The van der Waals surface area contributed by atoms with Gasteiger partial charge in [-0.3, -0.25) is 9.89 Å². The number of piperidine rings is 1. The molecule has 2 aliphatic heterocycles. The summed E-state index contributed by atoms with van der Waals surface area (Å²) in [5.74, 6) is 1.93. The smallest absolute Gasteiger partial charge is 0.193 e. The van der Waals surface area contributed by atoms with Crippen LogP contribution < -0.4 is 5.32 Å². The van der Waals surface area contributed by atoms with E-state index in [-0.39, 0.29) is 24.0 Å². The normalized spacial score (nSPS) is 21.0. The Balaban J connectivity index is 0.00000225. The van der Waals surface area contributed by atoms with E-state index in [9.17, 15) is 0 Å². The van der Waals surface area contributed by atoms with Crippen LogP contribution in [0.3, 0.4) is 0 Å². The predicted molar refractivity (Wildman–Crippen MR) is 117 cm³/mol. The van der Waals surface area contributed by atoms with Crippen LogP contribution in [0.5, 0.6) is 0 Å². The third-order valence-electron chi connectivity index (χ3n) is 5.51. The molecule has 5 heteroatoms. The van der Waals surface area contributed by atoms with Crippen LogP contribution in [0.4, 0.5) is 0 Å². The largest absolute Gasteiger partial charge is 0.354 e. The average Bonchev–Trinajstić information content (AvgIpc) is 3.15. The Hall–Kier alpha value is -0.820. The van der Waals surface area contributed by atoms with Gasteiger partial charge in [-0.05, 0) is 50.3 Å². The zero-order chi connectivity index (χ0) is 16.8. The Kier molecular flexibility index (Phi) is 8.49. The van der Waals surface area contributed by atoms with Crippen LogP contribution in [0.2, 0.25) is 0 Å². The maximum absolute atomic E-state index is 4.51. The van der Waals surface area contributed by atoms with Crippen molar-refractivity contribution in [1.29, 1.82) is 0 Å². The number of likely N-dealkylation sites (tertiary alicyclic amines) is 2. The molecule has 1 aromatic carbocycles. The fraction of sp³-hybridized carbons (Fsp3) is 0.650. The van der Waals surface area contributed by atoms with E-state index in [4.69, 9.17) is 0 Å². The number of benzene rings is 1. The van der Waals surface area contributed by atoms with Crippen molar-refractivity contribution in [3.05, 3.63) is 35.9 Å². The molecule has 0 saturated carbocycles. The van der Waals surface area contributed by atoms with E-state index in [1.807, 2.05) is 7.05 Å². The molecule has 1 aromatic rings. The first-order valence-electron chi connectivity index (χ1n) is 9.52. The second kappa shape index (κ2) is 10.4. The summed E-state index contributed by atoms with van der Waals surface area (Å²) in [5.41, 5.74) is 1.41. The highest BCUT2D eigenvalue weighted by Crippen LogP contribution is 2.26. The Labute approximate surface area is 170 Å². The second-order valence-electron chi connectivity index (χ2n) is 7.27. The van der Waals surface area contributed by atoms with Gasteiger partial charge in [-0.2, -0.15) is 0 Å². The number of hydrogen-bond donors (Lipinski definition) is 1. The molecule has 0 aliphatic carbocycles. The molecule has 1 atom stereocenters. The summed E-state index contributed by atoms with van der Waals surface area (Å²) < 4.78 is 0. The summed E-state index contributed by atoms with van der Waals surface area (Å²) in [5, 5.41) is 3.65. The van der Waals surface area contributed by atoms with Crippen LogP contribution in [-0.4, -0.2) is 55.5 Å².